The molecule has 0 atom stereocenters. The van der Waals surface area contributed by atoms with Crippen molar-refractivity contribution in [2.45, 2.75) is 6.54 Å². The maximum Gasteiger partial charge on any atom is 0.244 e. The van der Waals surface area contributed by atoms with Crippen molar-refractivity contribution in [3.05, 3.63) is 54.0 Å². The molecular weight excluding hydrogens is 244 g/mol. The quantitative estimate of drug-likeness (QED) is 0.444. The molecule has 98 valence electrons. The van der Waals surface area contributed by atoms with E-state index in [0.29, 0.717) is 23.6 Å². The minimum absolute atomic E-state index is 0.0734. The van der Waals surface area contributed by atoms with Crippen LogP contribution in [0.3, 0.4) is 0 Å². The summed E-state index contributed by atoms with van der Waals surface area (Å²) in [5.41, 5.74) is 6.61. The van der Waals surface area contributed by atoms with Crippen molar-refractivity contribution >= 4 is 17.7 Å². The second kappa shape index (κ2) is 5.77. The Hall–Kier alpha value is -2.69. The molecule has 0 aliphatic heterocycles. The molecule has 0 aliphatic carbocycles. The zero-order chi connectivity index (χ0) is 13.7. The average Bonchev–Trinajstić information content (AvgIpc) is 2.90. The molecule has 0 bridgehead atoms. The first-order chi connectivity index (χ1) is 9.15. The molecule has 4 N–H and O–H groups in total. The summed E-state index contributed by atoms with van der Waals surface area (Å²) in [6.45, 7) is 0.319. The number of carbonyl (C=O) groups excluding carboxylic acids is 1. The van der Waals surface area contributed by atoms with E-state index in [1.165, 1.54) is 18.2 Å². The standard InChI is InChI=1S/C14H14N2O3/c15-11-4-5-13(17)10(8-11)3-6-14(18)16-9-12-2-1-7-19-12/h1-8,17H,9,15H2,(H,16,18). The monoisotopic (exact) mass is 258 g/mol. The molecule has 0 saturated carbocycles. The third-order valence-electron chi connectivity index (χ3n) is 2.48. The zero-order valence-electron chi connectivity index (χ0n) is 10.2. The number of furan rings is 1. The molecule has 1 aromatic carbocycles. The van der Waals surface area contributed by atoms with Crippen LogP contribution in [0.25, 0.3) is 6.08 Å². The number of amides is 1. The molecule has 0 unspecified atom stereocenters. The van der Waals surface area contributed by atoms with Crippen LogP contribution in [-0.4, -0.2) is 11.0 Å². The van der Waals surface area contributed by atoms with Crippen LogP contribution in [0, 0.1) is 0 Å². The highest BCUT2D eigenvalue weighted by molar-refractivity contribution is 5.92. The fourth-order valence-electron chi connectivity index (χ4n) is 1.52. The molecular formula is C14H14N2O3. The summed E-state index contributed by atoms with van der Waals surface area (Å²) in [7, 11) is 0. The Labute approximate surface area is 110 Å². The molecule has 1 amide bonds. The Balaban J connectivity index is 1.94. The number of benzene rings is 1. The Kier molecular flexibility index (Phi) is 3.87. The molecule has 1 aromatic heterocycles. The second-order valence-corrected chi connectivity index (χ2v) is 3.95. The van der Waals surface area contributed by atoms with Gasteiger partial charge in [-0.05, 0) is 36.4 Å². The zero-order valence-corrected chi connectivity index (χ0v) is 10.2. The number of nitrogens with one attached hydrogen (secondary N) is 1. The summed E-state index contributed by atoms with van der Waals surface area (Å²) in [6.07, 6.45) is 4.38. The van der Waals surface area contributed by atoms with E-state index in [1.807, 2.05) is 0 Å². The van der Waals surface area contributed by atoms with Crippen molar-refractivity contribution in [2.75, 3.05) is 5.73 Å². The van der Waals surface area contributed by atoms with Gasteiger partial charge in [-0.15, -0.1) is 0 Å². The van der Waals surface area contributed by atoms with Gasteiger partial charge in [-0.3, -0.25) is 4.79 Å². The first kappa shape index (κ1) is 12.8. The van der Waals surface area contributed by atoms with Crippen LogP contribution in [0.5, 0.6) is 5.75 Å². The summed E-state index contributed by atoms with van der Waals surface area (Å²) >= 11 is 0. The molecule has 5 nitrogen and oxygen atoms in total. The third kappa shape index (κ3) is 3.64. The van der Waals surface area contributed by atoms with Gasteiger partial charge in [0.05, 0.1) is 12.8 Å². The van der Waals surface area contributed by atoms with Gasteiger partial charge in [0.2, 0.25) is 5.91 Å². The molecule has 5 heteroatoms. The fourth-order valence-corrected chi connectivity index (χ4v) is 1.52. The highest BCUT2D eigenvalue weighted by atomic mass is 16.3. The normalized spacial score (nSPS) is 10.7. The molecule has 19 heavy (non-hydrogen) atoms. The lowest BCUT2D eigenvalue weighted by Gasteiger charge is -2.01. The van der Waals surface area contributed by atoms with E-state index in [1.54, 1.807) is 30.5 Å². The summed E-state index contributed by atoms with van der Waals surface area (Å²) in [5.74, 6) is 0.469. The van der Waals surface area contributed by atoms with Gasteiger partial charge in [-0.1, -0.05) is 0 Å². The van der Waals surface area contributed by atoms with E-state index in [9.17, 15) is 9.90 Å². The largest absolute Gasteiger partial charge is 0.507 e. The third-order valence-corrected chi connectivity index (χ3v) is 2.48. The van der Waals surface area contributed by atoms with Gasteiger partial charge in [0.25, 0.3) is 0 Å². The summed E-state index contributed by atoms with van der Waals surface area (Å²) in [5, 5.41) is 12.2. The van der Waals surface area contributed by atoms with Crippen molar-refractivity contribution in [3.63, 3.8) is 0 Å². The van der Waals surface area contributed by atoms with Crippen LogP contribution in [0.2, 0.25) is 0 Å². The average molecular weight is 258 g/mol. The first-order valence-electron chi connectivity index (χ1n) is 5.72. The lowest BCUT2D eigenvalue weighted by atomic mass is 10.1. The van der Waals surface area contributed by atoms with Crippen molar-refractivity contribution in [1.82, 2.24) is 5.32 Å². The maximum absolute atomic E-state index is 11.6. The molecule has 0 aliphatic rings. The Morgan fingerprint density at radius 2 is 2.26 bits per heavy atom. The number of anilines is 1. The number of nitrogen functional groups attached to an aromatic ring is 1. The molecule has 0 saturated heterocycles. The van der Waals surface area contributed by atoms with Gasteiger partial charge in [0, 0.05) is 17.3 Å². The topological polar surface area (TPSA) is 88.5 Å². The predicted molar refractivity (Wildman–Crippen MR) is 72.1 cm³/mol. The fraction of sp³-hybridized carbons (Fsp3) is 0.0714. The lowest BCUT2D eigenvalue weighted by molar-refractivity contribution is -0.116. The number of nitrogens with two attached hydrogens (primary N) is 1. The smallest absolute Gasteiger partial charge is 0.244 e. The van der Waals surface area contributed by atoms with Gasteiger partial charge in [0.1, 0.15) is 11.5 Å². The van der Waals surface area contributed by atoms with E-state index in [2.05, 4.69) is 5.32 Å². The SMILES string of the molecule is Nc1ccc(O)c(C=CC(=O)NCc2ccco2)c1. The van der Waals surface area contributed by atoms with Crippen LogP contribution < -0.4 is 11.1 Å². The number of carbonyl (C=O) groups is 1. The Bertz CT molecular complexity index is 589. The first-order valence-corrected chi connectivity index (χ1v) is 5.72. The minimum atomic E-state index is -0.279. The Morgan fingerprint density at radius 1 is 1.42 bits per heavy atom. The molecule has 0 fully saturated rings. The van der Waals surface area contributed by atoms with E-state index in [4.69, 9.17) is 10.2 Å². The van der Waals surface area contributed by atoms with Crippen molar-refractivity contribution < 1.29 is 14.3 Å². The van der Waals surface area contributed by atoms with Crippen molar-refractivity contribution in [1.29, 1.82) is 0 Å². The van der Waals surface area contributed by atoms with Crippen LogP contribution in [-0.2, 0) is 11.3 Å². The molecule has 0 radical (unpaired) electrons. The summed E-state index contributed by atoms with van der Waals surface area (Å²) in [4.78, 5) is 11.6. The predicted octanol–water partition coefficient (Wildman–Crippen LogP) is 1.90. The summed E-state index contributed by atoms with van der Waals surface area (Å²) < 4.78 is 5.09. The molecule has 2 aromatic rings. The van der Waals surface area contributed by atoms with Crippen molar-refractivity contribution in [3.8, 4) is 5.75 Å². The summed E-state index contributed by atoms with van der Waals surface area (Å²) in [6, 6.07) is 8.18. The number of phenolic OH excluding ortho intramolecular Hbond substituents is 1. The van der Waals surface area contributed by atoms with Crippen LogP contribution in [0.1, 0.15) is 11.3 Å². The molecule has 1 heterocycles. The highest BCUT2D eigenvalue weighted by Gasteiger charge is 2.01. The van der Waals surface area contributed by atoms with Gasteiger partial charge < -0.3 is 20.6 Å². The minimum Gasteiger partial charge on any atom is -0.507 e. The van der Waals surface area contributed by atoms with E-state index >= 15 is 0 Å². The van der Waals surface area contributed by atoms with Gasteiger partial charge in [0.15, 0.2) is 0 Å². The van der Waals surface area contributed by atoms with Gasteiger partial charge in [-0.2, -0.15) is 0 Å². The van der Waals surface area contributed by atoms with E-state index in [0.717, 1.165) is 0 Å². The Morgan fingerprint density at radius 3 is 3.00 bits per heavy atom. The van der Waals surface area contributed by atoms with Gasteiger partial charge in [-0.25, -0.2) is 0 Å². The van der Waals surface area contributed by atoms with Crippen molar-refractivity contribution in [2.24, 2.45) is 0 Å². The van der Waals surface area contributed by atoms with E-state index < -0.39 is 0 Å². The van der Waals surface area contributed by atoms with Crippen LogP contribution in [0.15, 0.2) is 47.1 Å². The maximum atomic E-state index is 11.6. The number of hydrogen-bond donors (Lipinski definition) is 3. The lowest BCUT2D eigenvalue weighted by Crippen LogP contribution is -2.19. The number of aromatic hydroxyl groups is 1. The number of phenols is 1. The van der Waals surface area contributed by atoms with Crippen LogP contribution in [0.4, 0.5) is 5.69 Å². The number of hydrogen-bond acceptors (Lipinski definition) is 4. The van der Waals surface area contributed by atoms with Crippen LogP contribution >= 0.6 is 0 Å². The highest BCUT2D eigenvalue weighted by Crippen LogP contribution is 2.20. The second-order valence-electron chi connectivity index (χ2n) is 3.95. The molecule has 0 spiro atoms. The van der Waals surface area contributed by atoms with Gasteiger partial charge >= 0.3 is 0 Å². The number of rotatable bonds is 4. The molecule has 2 rings (SSSR count). The van der Waals surface area contributed by atoms with E-state index in [-0.39, 0.29) is 11.7 Å².